The monoisotopic (exact) mass is 236 g/mol. The van der Waals surface area contributed by atoms with Crippen molar-refractivity contribution in [2.45, 2.75) is 6.92 Å². The van der Waals surface area contributed by atoms with Crippen molar-refractivity contribution in [2.24, 2.45) is 0 Å². The number of ether oxygens (including phenoxy) is 1. The maximum Gasteiger partial charge on any atom is 0.360 e. The maximum absolute atomic E-state index is 11.2. The molecule has 17 heavy (non-hydrogen) atoms. The Labute approximate surface area is 98.0 Å². The molecule has 0 unspecified atom stereocenters. The molecule has 0 saturated carbocycles. The second-order valence-corrected chi connectivity index (χ2v) is 2.78. The molecule has 0 aliphatic carbocycles. The zero-order valence-corrected chi connectivity index (χ0v) is 9.25. The van der Waals surface area contributed by atoms with E-state index in [1.165, 1.54) is 24.6 Å². The van der Waals surface area contributed by atoms with Gasteiger partial charge in [0.25, 0.3) is 6.01 Å². The number of hydrogen-bond acceptors (Lipinski definition) is 6. The normalized spacial score (nSPS) is 10.9. The van der Waals surface area contributed by atoms with Crippen molar-refractivity contribution in [3.63, 3.8) is 0 Å². The summed E-state index contributed by atoms with van der Waals surface area (Å²) in [5.41, 5.74) is 0.103. The molecule has 0 saturated heterocycles. The number of nitrogens with one attached hydrogen (secondary N) is 1. The van der Waals surface area contributed by atoms with Gasteiger partial charge in [0.2, 0.25) is 0 Å². The molecule has 0 spiro atoms. The Hall–Kier alpha value is -2.37. The van der Waals surface area contributed by atoms with Crippen LogP contribution in [0.5, 0.6) is 0 Å². The van der Waals surface area contributed by atoms with Crippen LogP contribution < -0.4 is 5.32 Å². The predicted molar refractivity (Wildman–Crippen MR) is 60.4 cm³/mol. The lowest BCUT2D eigenvalue weighted by Gasteiger charge is -1.94. The highest BCUT2D eigenvalue weighted by Crippen LogP contribution is 2.08. The van der Waals surface area contributed by atoms with Crippen LogP contribution in [-0.4, -0.2) is 23.8 Å². The summed E-state index contributed by atoms with van der Waals surface area (Å²) < 4.78 is 9.71. The van der Waals surface area contributed by atoms with E-state index < -0.39 is 5.97 Å². The average molecular weight is 236 g/mol. The molecule has 0 aromatic carbocycles. The van der Waals surface area contributed by atoms with Gasteiger partial charge >= 0.3 is 5.97 Å². The molecular formula is C11H12N2O4. The van der Waals surface area contributed by atoms with Crippen LogP contribution in [0.4, 0.5) is 6.01 Å². The minimum Gasteiger partial charge on any atom is -0.461 e. The third-order valence-corrected chi connectivity index (χ3v) is 1.59. The van der Waals surface area contributed by atoms with Gasteiger partial charge in [-0.15, -0.1) is 0 Å². The molecule has 1 rings (SSSR count). The molecule has 1 N–H and O–H groups in total. The van der Waals surface area contributed by atoms with Gasteiger partial charge in [-0.1, -0.05) is 6.08 Å². The van der Waals surface area contributed by atoms with Gasteiger partial charge < -0.3 is 14.5 Å². The lowest BCUT2D eigenvalue weighted by molar-refractivity contribution is -0.104. The Kier molecular flexibility index (Phi) is 5.23. The standard InChI is InChI=1S/C11H12N2O4/c1-2-16-10(15)9-8-17-11(13-9)12-6-4-3-5-7-14/h3-8H,2H2,1H3,(H,12,13)/b5-3+,6-4+. The fourth-order valence-corrected chi connectivity index (χ4v) is 0.923. The van der Waals surface area contributed by atoms with Crippen molar-refractivity contribution in [3.8, 4) is 0 Å². The quantitative estimate of drug-likeness (QED) is 0.349. The zero-order chi connectivity index (χ0) is 12.5. The Bertz CT molecular complexity index is 434. The van der Waals surface area contributed by atoms with Crippen LogP contribution in [0.1, 0.15) is 17.4 Å². The van der Waals surface area contributed by atoms with E-state index in [1.807, 2.05) is 0 Å². The summed E-state index contributed by atoms with van der Waals surface area (Å²) in [6.45, 7) is 1.99. The molecular weight excluding hydrogens is 224 g/mol. The van der Waals surface area contributed by atoms with E-state index in [0.29, 0.717) is 6.29 Å². The van der Waals surface area contributed by atoms with Gasteiger partial charge in [0, 0.05) is 6.20 Å². The number of rotatable bonds is 6. The lowest BCUT2D eigenvalue weighted by Crippen LogP contribution is -2.04. The second kappa shape index (κ2) is 7.00. The third kappa shape index (κ3) is 4.33. The van der Waals surface area contributed by atoms with E-state index >= 15 is 0 Å². The first kappa shape index (κ1) is 12.7. The number of carbonyl (C=O) groups is 2. The first-order valence-electron chi connectivity index (χ1n) is 4.94. The molecule has 0 fully saturated rings. The SMILES string of the molecule is CCOC(=O)c1coc(N/C=C/C=C/C=O)n1. The number of allylic oxidation sites excluding steroid dienone is 3. The summed E-state index contributed by atoms with van der Waals surface area (Å²) >= 11 is 0. The number of carbonyl (C=O) groups excluding carboxylic acids is 2. The summed E-state index contributed by atoms with van der Waals surface area (Å²) in [5, 5.41) is 2.69. The number of hydrogen-bond donors (Lipinski definition) is 1. The van der Waals surface area contributed by atoms with Gasteiger partial charge in [-0.05, 0) is 19.1 Å². The number of esters is 1. The van der Waals surface area contributed by atoms with Crippen LogP contribution in [-0.2, 0) is 9.53 Å². The fraction of sp³-hybridized carbons (Fsp3) is 0.182. The molecule has 0 amide bonds. The molecule has 6 nitrogen and oxygen atoms in total. The predicted octanol–water partition coefficient (Wildman–Crippen LogP) is 1.53. The van der Waals surface area contributed by atoms with Crippen molar-refractivity contribution in [3.05, 3.63) is 36.4 Å². The molecule has 0 aliphatic rings. The summed E-state index contributed by atoms with van der Waals surface area (Å²) in [6.07, 6.45) is 7.83. The molecule has 0 atom stereocenters. The minimum absolute atomic E-state index is 0.103. The van der Waals surface area contributed by atoms with Gasteiger partial charge in [0.1, 0.15) is 12.5 Å². The third-order valence-electron chi connectivity index (χ3n) is 1.59. The minimum atomic E-state index is -0.533. The number of aldehydes is 1. The largest absolute Gasteiger partial charge is 0.461 e. The van der Waals surface area contributed by atoms with E-state index in [9.17, 15) is 9.59 Å². The number of anilines is 1. The Morgan fingerprint density at radius 3 is 3.06 bits per heavy atom. The van der Waals surface area contributed by atoms with Crippen molar-refractivity contribution in [2.75, 3.05) is 11.9 Å². The first-order chi connectivity index (χ1) is 8.27. The molecule has 1 heterocycles. The lowest BCUT2D eigenvalue weighted by atomic mass is 10.5. The van der Waals surface area contributed by atoms with Gasteiger partial charge in [0.15, 0.2) is 5.69 Å². The highest BCUT2D eigenvalue weighted by Gasteiger charge is 2.11. The van der Waals surface area contributed by atoms with Crippen LogP contribution >= 0.6 is 0 Å². The van der Waals surface area contributed by atoms with E-state index in [0.717, 1.165) is 0 Å². The molecule has 1 aromatic heterocycles. The van der Waals surface area contributed by atoms with Gasteiger partial charge in [-0.3, -0.25) is 4.79 Å². The molecule has 90 valence electrons. The molecule has 0 radical (unpaired) electrons. The maximum atomic E-state index is 11.2. The van der Waals surface area contributed by atoms with Crippen molar-refractivity contribution in [1.82, 2.24) is 4.98 Å². The van der Waals surface area contributed by atoms with E-state index in [2.05, 4.69) is 10.3 Å². The van der Waals surface area contributed by atoms with Gasteiger partial charge in [-0.2, -0.15) is 4.98 Å². The van der Waals surface area contributed by atoms with Crippen LogP contribution in [0.25, 0.3) is 0 Å². The second-order valence-electron chi connectivity index (χ2n) is 2.78. The molecule has 0 aliphatic heterocycles. The number of nitrogens with zero attached hydrogens (tertiary/aromatic N) is 1. The number of oxazole rings is 1. The topological polar surface area (TPSA) is 81.4 Å². The van der Waals surface area contributed by atoms with E-state index in [1.54, 1.807) is 13.0 Å². The Morgan fingerprint density at radius 2 is 2.35 bits per heavy atom. The zero-order valence-electron chi connectivity index (χ0n) is 9.25. The first-order valence-corrected chi connectivity index (χ1v) is 4.94. The molecule has 1 aromatic rings. The average Bonchev–Trinajstić information content (AvgIpc) is 2.78. The van der Waals surface area contributed by atoms with Crippen molar-refractivity contribution < 1.29 is 18.7 Å². The summed E-state index contributed by atoms with van der Waals surface area (Å²) in [5.74, 6) is -0.533. The van der Waals surface area contributed by atoms with E-state index in [-0.39, 0.29) is 18.3 Å². The Balaban J connectivity index is 2.51. The van der Waals surface area contributed by atoms with Crippen LogP contribution in [0.2, 0.25) is 0 Å². The smallest absolute Gasteiger partial charge is 0.360 e. The van der Waals surface area contributed by atoms with Gasteiger partial charge in [-0.25, -0.2) is 4.79 Å². The molecule has 6 heteroatoms. The summed E-state index contributed by atoms with van der Waals surface area (Å²) in [6, 6.07) is 0.170. The van der Waals surface area contributed by atoms with Crippen LogP contribution in [0.3, 0.4) is 0 Å². The summed E-state index contributed by atoms with van der Waals surface area (Å²) in [7, 11) is 0. The summed E-state index contributed by atoms with van der Waals surface area (Å²) in [4.78, 5) is 25.0. The van der Waals surface area contributed by atoms with E-state index in [4.69, 9.17) is 9.15 Å². The highest BCUT2D eigenvalue weighted by molar-refractivity contribution is 5.87. The number of aromatic nitrogens is 1. The van der Waals surface area contributed by atoms with Crippen molar-refractivity contribution >= 4 is 18.3 Å². The van der Waals surface area contributed by atoms with Crippen LogP contribution in [0, 0.1) is 0 Å². The fourth-order valence-electron chi connectivity index (χ4n) is 0.923. The van der Waals surface area contributed by atoms with Gasteiger partial charge in [0.05, 0.1) is 6.61 Å². The van der Waals surface area contributed by atoms with Crippen molar-refractivity contribution in [1.29, 1.82) is 0 Å². The van der Waals surface area contributed by atoms with Crippen LogP contribution in [0.15, 0.2) is 35.1 Å². The Morgan fingerprint density at radius 1 is 1.53 bits per heavy atom. The molecule has 0 bridgehead atoms. The highest BCUT2D eigenvalue weighted by atomic mass is 16.5.